The molecule has 3 fully saturated rings. The summed E-state index contributed by atoms with van der Waals surface area (Å²) in [6.07, 6.45) is 18.3. The topological polar surface area (TPSA) is 54.4 Å². The van der Waals surface area contributed by atoms with Crippen molar-refractivity contribution in [2.45, 2.75) is 65.2 Å². The van der Waals surface area contributed by atoms with Gasteiger partial charge < -0.3 is 0 Å². The summed E-state index contributed by atoms with van der Waals surface area (Å²) in [6.45, 7) is 5.01. The highest BCUT2D eigenvalue weighted by Crippen LogP contribution is 2.64. The van der Waals surface area contributed by atoms with Crippen LogP contribution in [0, 0.1) is 34.5 Å². The molecule has 29 heavy (non-hydrogen) atoms. The summed E-state index contributed by atoms with van der Waals surface area (Å²) in [6, 6.07) is 3.47. The number of nitrogens with one attached hydrogen (secondary N) is 1. The molecule has 0 saturated heterocycles. The number of hydrogen-bond acceptors (Lipinski definition) is 3. The van der Waals surface area contributed by atoms with Gasteiger partial charge in [-0.15, -0.1) is 0 Å². The number of hydrazone groups is 1. The van der Waals surface area contributed by atoms with Crippen LogP contribution in [0.5, 0.6) is 0 Å². The van der Waals surface area contributed by atoms with Crippen molar-refractivity contribution < 1.29 is 4.79 Å². The number of amides is 1. The SMILES string of the molecule is C[C@]12CC=CC[C@@H]1CC[C@@H]1[C@H]2CC[C@]2(C)/C(=N/NC(=O)c3ccncc3)CC[C@H]12. The van der Waals surface area contributed by atoms with E-state index < -0.39 is 0 Å². The summed E-state index contributed by atoms with van der Waals surface area (Å²) in [5.74, 6) is 3.15. The summed E-state index contributed by atoms with van der Waals surface area (Å²) < 4.78 is 0. The first kappa shape index (κ1) is 19.0. The third kappa shape index (κ3) is 2.98. The average molecular weight is 392 g/mol. The van der Waals surface area contributed by atoms with Gasteiger partial charge in [-0.2, -0.15) is 5.10 Å². The van der Waals surface area contributed by atoms with E-state index in [-0.39, 0.29) is 11.3 Å². The Labute approximate surface area is 174 Å². The summed E-state index contributed by atoms with van der Waals surface area (Å²) >= 11 is 0. The van der Waals surface area contributed by atoms with Gasteiger partial charge in [-0.1, -0.05) is 26.0 Å². The molecule has 0 aliphatic heterocycles. The molecule has 1 aromatic rings. The van der Waals surface area contributed by atoms with Crippen molar-refractivity contribution in [3.05, 3.63) is 42.2 Å². The first-order valence-corrected chi connectivity index (χ1v) is 11.4. The lowest BCUT2D eigenvalue weighted by atomic mass is 9.46. The molecule has 4 heteroatoms. The molecule has 3 saturated carbocycles. The normalized spacial score (nSPS) is 42.1. The number of carbonyl (C=O) groups excluding carboxylic acids is 1. The number of nitrogens with zero attached hydrogens (tertiary/aromatic N) is 2. The Kier molecular flexibility index (Phi) is 4.64. The van der Waals surface area contributed by atoms with E-state index in [1.165, 1.54) is 50.7 Å². The zero-order chi connectivity index (χ0) is 20.1. The van der Waals surface area contributed by atoms with Gasteiger partial charge in [0.2, 0.25) is 0 Å². The predicted octanol–water partition coefficient (Wildman–Crippen LogP) is 5.38. The van der Waals surface area contributed by atoms with Crippen LogP contribution in [0.1, 0.15) is 75.6 Å². The number of carbonyl (C=O) groups is 1. The van der Waals surface area contributed by atoms with Crippen molar-refractivity contribution in [3.8, 4) is 0 Å². The summed E-state index contributed by atoms with van der Waals surface area (Å²) in [4.78, 5) is 16.4. The lowest BCUT2D eigenvalue weighted by molar-refractivity contribution is -0.0761. The number of allylic oxidation sites excluding steroid dienone is 2. The van der Waals surface area contributed by atoms with Crippen molar-refractivity contribution >= 4 is 11.6 Å². The molecule has 6 atom stereocenters. The van der Waals surface area contributed by atoms with Crippen LogP contribution in [0.3, 0.4) is 0 Å². The van der Waals surface area contributed by atoms with Gasteiger partial charge in [-0.3, -0.25) is 9.78 Å². The Morgan fingerprint density at radius 2 is 1.93 bits per heavy atom. The maximum absolute atomic E-state index is 12.4. The highest BCUT2D eigenvalue weighted by Gasteiger charge is 2.58. The van der Waals surface area contributed by atoms with Gasteiger partial charge >= 0.3 is 0 Å². The molecule has 1 N–H and O–H groups in total. The molecule has 4 nitrogen and oxygen atoms in total. The quantitative estimate of drug-likeness (QED) is 0.544. The Morgan fingerprint density at radius 1 is 1.10 bits per heavy atom. The first-order chi connectivity index (χ1) is 14.0. The molecule has 0 spiro atoms. The summed E-state index contributed by atoms with van der Waals surface area (Å²) in [5, 5.41) is 4.68. The van der Waals surface area contributed by atoms with Crippen molar-refractivity contribution in [2.24, 2.45) is 39.6 Å². The molecular formula is C25H33N3O. The molecule has 1 aromatic heterocycles. The van der Waals surface area contributed by atoms with Crippen molar-refractivity contribution in [3.63, 3.8) is 0 Å². The van der Waals surface area contributed by atoms with Crippen molar-refractivity contribution in [2.75, 3.05) is 0 Å². The van der Waals surface area contributed by atoms with Gasteiger partial charge in [0.05, 0.1) is 0 Å². The monoisotopic (exact) mass is 391 g/mol. The summed E-state index contributed by atoms with van der Waals surface area (Å²) in [7, 11) is 0. The van der Waals surface area contributed by atoms with E-state index in [1.807, 2.05) is 0 Å². The molecule has 1 heterocycles. The third-order valence-corrected chi connectivity index (χ3v) is 9.19. The second kappa shape index (κ2) is 7.07. The van der Waals surface area contributed by atoms with E-state index in [0.29, 0.717) is 11.0 Å². The molecule has 4 aliphatic rings. The largest absolute Gasteiger partial charge is 0.271 e. The van der Waals surface area contributed by atoms with Gasteiger partial charge in [-0.25, -0.2) is 5.43 Å². The number of hydrogen-bond donors (Lipinski definition) is 1. The minimum Gasteiger partial charge on any atom is -0.267 e. The molecule has 5 rings (SSSR count). The minimum absolute atomic E-state index is 0.136. The van der Waals surface area contributed by atoms with E-state index in [4.69, 9.17) is 0 Å². The van der Waals surface area contributed by atoms with Crippen LogP contribution >= 0.6 is 0 Å². The smallest absolute Gasteiger partial charge is 0.267 e. The summed E-state index contributed by atoms with van der Waals surface area (Å²) in [5.41, 5.74) is 5.32. The fourth-order valence-corrected chi connectivity index (χ4v) is 7.50. The van der Waals surface area contributed by atoms with Gasteiger partial charge in [0.25, 0.3) is 5.91 Å². The van der Waals surface area contributed by atoms with E-state index in [1.54, 1.807) is 24.5 Å². The second-order valence-electron chi connectivity index (χ2n) is 10.3. The lowest BCUT2D eigenvalue weighted by Crippen LogP contribution is -2.52. The number of pyridine rings is 1. The average Bonchev–Trinajstić information content (AvgIpc) is 3.08. The Hall–Kier alpha value is -1.97. The van der Waals surface area contributed by atoms with Crippen molar-refractivity contribution in [1.29, 1.82) is 0 Å². The Morgan fingerprint density at radius 3 is 2.76 bits per heavy atom. The highest BCUT2D eigenvalue weighted by atomic mass is 16.2. The van der Waals surface area contributed by atoms with Crippen LogP contribution in [0.2, 0.25) is 0 Å². The second-order valence-corrected chi connectivity index (χ2v) is 10.3. The number of aromatic nitrogens is 1. The highest BCUT2D eigenvalue weighted by molar-refractivity contribution is 5.97. The maximum atomic E-state index is 12.4. The van der Waals surface area contributed by atoms with E-state index in [2.05, 4.69) is 41.5 Å². The molecule has 0 unspecified atom stereocenters. The van der Waals surface area contributed by atoms with Crippen LogP contribution in [0.4, 0.5) is 0 Å². The van der Waals surface area contributed by atoms with Crippen LogP contribution in [0.25, 0.3) is 0 Å². The maximum Gasteiger partial charge on any atom is 0.271 e. The zero-order valence-corrected chi connectivity index (χ0v) is 17.7. The van der Waals surface area contributed by atoms with Crippen LogP contribution in [0.15, 0.2) is 41.8 Å². The molecule has 0 radical (unpaired) electrons. The van der Waals surface area contributed by atoms with Gasteiger partial charge in [0.15, 0.2) is 0 Å². The zero-order valence-electron chi connectivity index (χ0n) is 17.7. The van der Waals surface area contributed by atoms with Gasteiger partial charge in [-0.05, 0) is 92.6 Å². The fourth-order valence-electron chi connectivity index (χ4n) is 7.50. The van der Waals surface area contributed by atoms with Gasteiger partial charge in [0.1, 0.15) is 0 Å². The van der Waals surface area contributed by atoms with E-state index >= 15 is 0 Å². The fraction of sp³-hybridized carbons (Fsp3) is 0.640. The lowest BCUT2D eigenvalue weighted by Gasteiger charge is -2.59. The molecule has 0 aromatic carbocycles. The standard InChI is InChI=1S/C25H33N3O/c1-24-13-4-3-5-18(24)6-7-19-20-8-9-22(25(20,2)14-10-21(19)24)27-28-23(29)17-11-15-26-16-12-17/h3-4,11-12,15-16,18-21H,5-10,13-14H2,1-2H3,(H,28,29)/b27-22+/t18-,19+,20-,21-,24+,25+/m1/s1. The number of rotatable bonds is 2. The predicted molar refractivity (Wildman–Crippen MR) is 115 cm³/mol. The molecular weight excluding hydrogens is 358 g/mol. The van der Waals surface area contributed by atoms with Crippen LogP contribution in [-0.4, -0.2) is 16.6 Å². The molecule has 1 amide bonds. The van der Waals surface area contributed by atoms with Crippen molar-refractivity contribution in [1.82, 2.24) is 10.4 Å². The number of fused-ring (bicyclic) bond motifs is 5. The molecule has 154 valence electrons. The van der Waals surface area contributed by atoms with E-state index in [0.717, 1.165) is 30.1 Å². The van der Waals surface area contributed by atoms with Gasteiger partial charge in [0, 0.05) is 29.1 Å². The van der Waals surface area contributed by atoms with E-state index in [9.17, 15) is 4.79 Å². The molecule has 4 aliphatic carbocycles. The Balaban J connectivity index is 1.35. The molecule has 0 bridgehead atoms. The van der Waals surface area contributed by atoms with Crippen LogP contribution < -0.4 is 5.43 Å². The van der Waals surface area contributed by atoms with Crippen LogP contribution in [-0.2, 0) is 0 Å². The Bertz CT molecular complexity index is 847. The minimum atomic E-state index is -0.136. The first-order valence-electron chi connectivity index (χ1n) is 11.4. The third-order valence-electron chi connectivity index (χ3n) is 9.19.